The molecule has 0 bridgehead atoms. The Morgan fingerprint density at radius 2 is 2.21 bits per heavy atom. The third-order valence-corrected chi connectivity index (χ3v) is 2.62. The number of pyridine rings is 1. The highest BCUT2D eigenvalue weighted by Gasteiger charge is 2.16. The number of hydrogen-bond donors (Lipinski definition) is 1. The van der Waals surface area contributed by atoms with Gasteiger partial charge in [-0.3, -0.25) is 4.98 Å². The standard InChI is InChI=1S/C13H14N4O2/c1-9-15-7-11(13(18)19)12(16-9)17(2)8-10-4-3-5-14-6-10/h3-7H,8H2,1-2H3,(H,18,19). The van der Waals surface area contributed by atoms with E-state index < -0.39 is 5.97 Å². The molecular weight excluding hydrogens is 244 g/mol. The Hall–Kier alpha value is -2.50. The summed E-state index contributed by atoms with van der Waals surface area (Å²) in [5.74, 6) is -0.0880. The maximum absolute atomic E-state index is 11.2. The molecule has 0 spiro atoms. The second-order valence-electron chi connectivity index (χ2n) is 4.18. The summed E-state index contributed by atoms with van der Waals surface area (Å²) in [6.07, 6.45) is 4.77. The van der Waals surface area contributed by atoms with Crippen molar-refractivity contribution >= 4 is 11.8 Å². The minimum atomic E-state index is -1.03. The average Bonchev–Trinajstić information content (AvgIpc) is 2.39. The minimum Gasteiger partial charge on any atom is -0.477 e. The summed E-state index contributed by atoms with van der Waals surface area (Å²) in [6.45, 7) is 2.26. The molecule has 0 aliphatic heterocycles. The zero-order valence-corrected chi connectivity index (χ0v) is 10.7. The highest BCUT2D eigenvalue weighted by molar-refractivity contribution is 5.92. The fourth-order valence-electron chi connectivity index (χ4n) is 1.74. The van der Waals surface area contributed by atoms with Crippen LogP contribution in [0.4, 0.5) is 5.82 Å². The summed E-state index contributed by atoms with van der Waals surface area (Å²) in [7, 11) is 1.79. The number of aromatic carboxylic acids is 1. The lowest BCUT2D eigenvalue weighted by molar-refractivity contribution is 0.0696. The highest BCUT2D eigenvalue weighted by Crippen LogP contribution is 2.18. The Morgan fingerprint density at radius 3 is 2.84 bits per heavy atom. The van der Waals surface area contributed by atoms with E-state index in [4.69, 9.17) is 5.11 Å². The number of carbonyl (C=O) groups is 1. The molecule has 6 heteroatoms. The van der Waals surface area contributed by atoms with Crippen molar-refractivity contribution in [3.05, 3.63) is 47.7 Å². The van der Waals surface area contributed by atoms with Crippen LogP contribution in [-0.2, 0) is 6.54 Å². The molecule has 0 saturated heterocycles. The van der Waals surface area contributed by atoms with Gasteiger partial charge in [-0.05, 0) is 18.6 Å². The van der Waals surface area contributed by atoms with Crippen molar-refractivity contribution in [2.45, 2.75) is 13.5 Å². The molecule has 0 atom stereocenters. The maximum atomic E-state index is 11.2. The van der Waals surface area contributed by atoms with Crippen molar-refractivity contribution in [1.82, 2.24) is 15.0 Å². The van der Waals surface area contributed by atoms with Gasteiger partial charge in [-0.2, -0.15) is 0 Å². The molecule has 2 heterocycles. The first-order valence-corrected chi connectivity index (χ1v) is 5.75. The molecule has 1 N–H and O–H groups in total. The summed E-state index contributed by atoms with van der Waals surface area (Å²) < 4.78 is 0. The summed E-state index contributed by atoms with van der Waals surface area (Å²) >= 11 is 0. The summed E-state index contributed by atoms with van der Waals surface area (Å²) in [5, 5.41) is 9.15. The van der Waals surface area contributed by atoms with E-state index in [1.807, 2.05) is 12.1 Å². The van der Waals surface area contributed by atoms with Gasteiger partial charge in [0.1, 0.15) is 17.2 Å². The third kappa shape index (κ3) is 3.04. The topological polar surface area (TPSA) is 79.2 Å². The van der Waals surface area contributed by atoms with E-state index in [0.717, 1.165) is 5.56 Å². The van der Waals surface area contributed by atoms with Gasteiger partial charge in [-0.1, -0.05) is 6.07 Å². The van der Waals surface area contributed by atoms with E-state index in [1.165, 1.54) is 6.20 Å². The monoisotopic (exact) mass is 258 g/mol. The largest absolute Gasteiger partial charge is 0.477 e. The first-order chi connectivity index (χ1) is 9.08. The van der Waals surface area contributed by atoms with E-state index in [1.54, 1.807) is 31.3 Å². The van der Waals surface area contributed by atoms with Crippen LogP contribution in [0.25, 0.3) is 0 Å². The number of nitrogens with zero attached hydrogens (tertiary/aromatic N) is 4. The van der Waals surface area contributed by atoms with Gasteiger partial charge < -0.3 is 10.0 Å². The van der Waals surface area contributed by atoms with Crippen LogP contribution in [0.3, 0.4) is 0 Å². The molecule has 2 aromatic heterocycles. The van der Waals surface area contributed by atoms with Gasteiger partial charge in [0.05, 0.1) is 0 Å². The maximum Gasteiger partial charge on any atom is 0.341 e. The number of aromatic nitrogens is 3. The molecule has 6 nitrogen and oxygen atoms in total. The summed E-state index contributed by atoms with van der Waals surface area (Å²) in [6, 6.07) is 3.77. The lowest BCUT2D eigenvalue weighted by Crippen LogP contribution is -2.21. The molecule has 0 fully saturated rings. The Morgan fingerprint density at radius 1 is 1.42 bits per heavy atom. The number of hydrogen-bond acceptors (Lipinski definition) is 5. The van der Waals surface area contributed by atoms with E-state index in [0.29, 0.717) is 18.2 Å². The van der Waals surface area contributed by atoms with E-state index >= 15 is 0 Å². The number of carboxylic acid groups (broad SMARTS) is 1. The van der Waals surface area contributed by atoms with Gasteiger partial charge >= 0.3 is 5.97 Å². The first-order valence-electron chi connectivity index (χ1n) is 5.75. The molecule has 98 valence electrons. The Kier molecular flexibility index (Phi) is 3.70. The number of anilines is 1. The van der Waals surface area contributed by atoms with Crippen LogP contribution in [0, 0.1) is 6.92 Å². The lowest BCUT2D eigenvalue weighted by atomic mass is 10.2. The molecule has 0 unspecified atom stereocenters. The lowest BCUT2D eigenvalue weighted by Gasteiger charge is -2.19. The zero-order chi connectivity index (χ0) is 13.8. The van der Waals surface area contributed by atoms with Gasteiger partial charge in [0.2, 0.25) is 0 Å². The van der Waals surface area contributed by atoms with Crippen LogP contribution >= 0.6 is 0 Å². The molecule has 0 amide bonds. The first kappa shape index (κ1) is 12.9. The zero-order valence-electron chi connectivity index (χ0n) is 10.7. The van der Waals surface area contributed by atoms with Crippen molar-refractivity contribution in [2.24, 2.45) is 0 Å². The van der Waals surface area contributed by atoms with Crippen LogP contribution in [0.5, 0.6) is 0 Å². The van der Waals surface area contributed by atoms with Crippen molar-refractivity contribution in [2.75, 3.05) is 11.9 Å². The quantitative estimate of drug-likeness (QED) is 0.895. The molecule has 0 aliphatic rings. The van der Waals surface area contributed by atoms with Crippen LogP contribution in [-0.4, -0.2) is 33.1 Å². The molecule has 0 aliphatic carbocycles. The van der Waals surface area contributed by atoms with Gasteiger partial charge in [-0.25, -0.2) is 14.8 Å². The molecule has 19 heavy (non-hydrogen) atoms. The molecule has 0 radical (unpaired) electrons. The van der Waals surface area contributed by atoms with E-state index in [2.05, 4.69) is 15.0 Å². The van der Waals surface area contributed by atoms with Crippen molar-refractivity contribution in [1.29, 1.82) is 0 Å². The third-order valence-electron chi connectivity index (χ3n) is 2.62. The van der Waals surface area contributed by atoms with Gasteiger partial charge in [-0.15, -0.1) is 0 Å². The molecule has 2 aromatic rings. The number of carboxylic acids is 1. The average molecular weight is 258 g/mol. The van der Waals surface area contributed by atoms with Crippen LogP contribution in [0.1, 0.15) is 21.7 Å². The van der Waals surface area contributed by atoms with Crippen molar-refractivity contribution in [3.63, 3.8) is 0 Å². The van der Waals surface area contributed by atoms with Crippen molar-refractivity contribution < 1.29 is 9.90 Å². The van der Waals surface area contributed by atoms with Gasteiger partial charge in [0.25, 0.3) is 0 Å². The number of rotatable bonds is 4. The Bertz CT molecular complexity index is 586. The molecule has 0 aromatic carbocycles. The fraction of sp³-hybridized carbons (Fsp3) is 0.231. The van der Waals surface area contributed by atoms with Gasteiger partial charge in [0, 0.05) is 32.2 Å². The Balaban J connectivity index is 2.30. The second kappa shape index (κ2) is 5.43. The SMILES string of the molecule is Cc1ncc(C(=O)O)c(N(C)Cc2cccnc2)n1. The number of aryl methyl sites for hydroxylation is 1. The fourth-order valence-corrected chi connectivity index (χ4v) is 1.74. The van der Waals surface area contributed by atoms with Crippen LogP contribution < -0.4 is 4.90 Å². The smallest absolute Gasteiger partial charge is 0.341 e. The highest BCUT2D eigenvalue weighted by atomic mass is 16.4. The molecule has 0 saturated carbocycles. The van der Waals surface area contributed by atoms with E-state index in [9.17, 15) is 4.79 Å². The van der Waals surface area contributed by atoms with Gasteiger partial charge in [0.15, 0.2) is 0 Å². The summed E-state index contributed by atoms with van der Waals surface area (Å²) in [5.41, 5.74) is 1.08. The second-order valence-corrected chi connectivity index (χ2v) is 4.18. The normalized spacial score (nSPS) is 10.2. The van der Waals surface area contributed by atoms with Crippen LogP contribution in [0.15, 0.2) is 30.7 Å². The summed E-state index contributed by atoms with van der Waals surface area (Å²) in [4.78, 5) is 25.1. The molecular formula is C13H14N4O2. The predicted molar refractivity (Wildman–Crippen MR) is 70.1 cm³/mol. The molecule has 2 rings (SSSR count). The predicted octanol–water partition coefficient (Wildman–Crippen LogP) is 1.51. The minimum absolute atomic E-state index is 0.0944. The Labute approximate surface area is 110 Å². The van der Waals surface area contributed by atoms with Crippen molar-refractivity contribution in [3.8, 4) is 0 Å². The van der Waals surface area contributed by atoms with E-state index in [-0.39, 0.29) is 5.56 Å². The van der Waals surface area contributed by atoms with Crippen LogP contribution in [0.2, 0.25) is 0 Å².